The third kappa shape index (κ3) is 2.69. The van der Waals surface area contributed by atoms with Gasteiger partial charge in [-0.1, -0.05) is 12.1 Å². The summed E-state index contributed by atoms with van der Waals surface area (Å²) in [5.74, 6) is -0.599. The molecule has 0 spiro atoms. The molecule has 0 saturated carbocycles. The Hall–Kier alpha value is -2.37. The zero-order valence-corrected chi connectivity index (χ0v) is 13.5. The second-order valence-electron chi connectivity index (χ2n) is 6.83. The molecule has 2 aliphatic rings. The van der Waals surface area contributed by atoms with E-state index in [1.807, 2.05) is 0 Å². The van der Waals surface area contributed by atoms with Crippen LogP contribution in [0.15, 0.2) is 24.3 Å². The topological polar surface area (TPSA) is 66.9 Å². The average Bonchev–Trinajstić information content (AvgIpc) is 2.91. The van der Waals surface area contributed by atoms with Crippen LogP contribution in [0.2, 0.25) is 0 Å². The number of ether oxygens (including phenoxy) is 1. The number of hydrogen-bond acceptors (Lipinski definition) is 4. The van der Waals surface area contributed by atoms with Crippen molar-refractivity contribution in [1.82, 2.24) is 4.90 Å². The number of para-hydroxylation sites is 1. The van der Waals surface area contributed by atoms with Crippen LogP contribution in [0.25, 0.3) is 0 Å². The molecule has 0 aliphatic carbocycles. The Labute approximate surface area is 135 Å². The molecule has 1 aromatic rings. The van der Waals surface area contributed by atoms with Gasteiger partial charge in [-0.05, 0) is 45.7 Å². The summed E-state index contributed by atoms with van der Waals surface area (Å²) < 4.78 is 5.38. The Morgan fingerprint density at radius 3 is 2.61 bits per heavy atom. The molecule has 0 aromatic heterocycles. The first-order valence-corrected chi connectivity index (χ1v) is 7.76. The van der Waals surface area contributed by atoms with Gasteiger partial charge in [-0.2, -0.15) is 0 Å². The largest absolute Gasteiger partial charge is 0.443 e. The van der Waals surface area contributed by atoms with E-state index >= 15 is 0 Å². The Morgan fingerprint density at radius 2 is 1.91 bits per heavy atom. The van der Waals surface area contributed by atoms with Gasteiger partial charge in [0.05, 0.1) is 11.3 Å². The highest BCUT2D eigenvalue weighted by atomic mass is 16.6. The van der Waals surface area contributed by atoms with E-state index in [4.69, 9.17) is 4.74 Å². The van der Waals surface area contributed by atoms with Crippen molar-refractivity contribution >= 4 is 23.6 Å². The number of imide groups is 1. The van der Waals surface area contributed by atoms with Crippen LogP contribution in [-0.2, 0) is 9.53 Å². The summed E-state index contributed by atoms with van der Waals surface area (Å²) >= 11 is 0. The van der Waals surface area contributed by atoms with Gasteiger partial charge < -0.3 is 9.64 Å². The molecule has 23 heavy (non-hydrogen) atoms. The van der Waals surface area contributed by atoms with Crippen LogP contribution < -0.4 is 4.90 Å². The Kier molecular flexibility index (Phi) is 3.62. The van der Waals surface area contributed by atoms with Crippen LogP contribution in [0.5, 0.6) is 0 Å². The molecule has 2 aliphatic heterocycles. The van der Waals surface area contributed by atoms with Crippen LogP contribution in [0.4, 0.5) is 10.5 Å². The van der Waals surface area contributed by atoms with E-state index in [0.717, 1.165) is 11.3 Å². The quantitative estimate of drug-likeness (QED) is 0.738. The summed E-state index contributed by atoms with van der Waals surface area (Å²) in [7, 11) is 0. The van der Waals surface area contributed by atoms with Gasteiger partial charge >= 0.3 is 6.09 Å². The maximum absolute atomic E-state index is 12.9. The molecule has 3 amide bonds. The molecule has 1 saturated heterocycles. The number of anilines is 1. The second kappa shape index (κ2) is 5.37. The van der Waals surface area contributed by atoms with Crippen molar-refractivity contribution in [2.75, 3.05) is 11.4 Å². The molecular weight excluding hydrogens is 296 g/mol. The highest BCUT2D eigenvalue weighted by molar-refractivity contribution is 6.20. The fourth-order valence-electron chi connectivity index (χ4n) is 3.03. The standard InChI is InChI=1S/C17H20N2O4/c1-17(2,3)23-16(22)19-12-8-5-4-7-11(12)14(20)18-10-6-9-13(18)15(19)21/h4-5,7-8,13H,6,9-10H2,1-3H3. The molecule has 3 rings (SSSR count). The van der Waals surface area contributed by atoms with Gasteiger partial charge in [0, 0.05) is 6.54 Å². The van der Waals surface area contributed by atoms with E-state index in [1.165, 1.54) is 0 Å². The van der Waals surface area contributed by atoms with Gasteiger partial charge in [0.2, 0.25) is 0 Å². The van der Waals surface area contributed by atoms with E-state index in [1.54, 1.807) is 49.9 Å². The van der Waals surface area contributed by atoms with E-state index in [9.17, 15) is 14.4 Å². The monoisotopic (exact) mass is 316 g/mol. The van der Waals surface area contributed by atoms with Gasteiger partial charge in [-0.3, -0.25) is 9.59 Å². The van der Waals surface area contributed by atoms with Gasteiger partial charge in [0.1, 0.15) is 11.6 Å². The molecule has 1 fully saturated rings. The number of hydrogen-bond donors (Lipinski definition) is 0. The first-order chi connectivity index (χ1) is 10.8. The van der Waals surface area contributed by atoms with Gasteiger partial charge in [-0.15, -0.1) is 0 Å². The van der Waals surface area contributed by atoms with Crippen LogP contribution >= 0.6 is 0 Å². The molecular formula is C17H20N2O4. The number of nitrogens with zero attached hydrogens (tertiary/aromatic N) is 2. The number of carbonyl (C=O) groups is 3. The number of carbonyl (C=O) groups excluding carboxylic acids is 3. The molecule has 0 N–H and O–H groups in total. The van der Waals surface area contributed by atoms with E-state index < -0.39 is 23.6 Å². The minimum Gasteiger partial charge on any atom is -0.443 e. The van der Waals surface area contributed by atoms with Crippen molar-refractivity contribution in [3.05, 3.63) is 29.8 Å². The molecule has 0 radical (unpaired) electrons. The first-order valence-electron chi connectivity index (χ1n) is 7.76. The van der Waals surface area contributed by atoms with E-state index in [-0.39, 0.29) is 5.91 Å². The number of fused-ring (bicyclic) bond motifs is 2. The fourth-order valence-corrected chi connectivity index (χ4v) is 3.03. The van der Waals surface area contributed by atoms with Gasteiger partial charge in [0.15, 0.2) is 0 Å². The summed E-state index contributed by atoms with van der Waals surface area (Å²) in [6.45, 7) is 5.76. The van der Waals surface area contributed by atoms with Crippen LogP contribution in [0.1, 0.15) is 44.0 Å². The summed E-state index contributed by atoms with van der Waals surface area (Å²) in [5, 5.41) is 0. The van der Waals surface area contributed by atoms with Gasteiger partial charge in [-0.25, -0.2) is 9.69 Å². The highest BCUT2D eigenvalue weighted by Crippen LogP contribution is 2.33. The van der Waals surface area contributed by atoms with Crippen molar-refractivity contribution in [1.29, 1.82) is 0 Å². The van der Waals surface area contributed by atoms with Crippen LogP contribution in [0, 0.1) is 0 Å². The molecule has 6 heteroatoms. The lowest BCUT2D eigenvalue weighted by molar-refractivity contribution is -0.121. The van der Waals surface area contributed by atoms with Crippen molar-refractivity contribution in [3.8, 4) is 0 Å². The van der Waals surface area contributed by atoms with Crippen molar-refractivity contribution in [2.24, 2.45) is 0 Å². The molecule has 1 aromatic carbocycles. The molecule has 2 heterocycles. The lowest BCUT2D eigenvalue weighted by atomic mass is 10.1. The van der Waals surface area contributed by atoms with Gasteiger partial charge in [0.25, 0.3) is 11.8 Å². The van der Waals surface area contributed by atoms with Crippen molar-refractivity contribution in [2.45, 2.75) is 45.3 Å². The molecule has 1 atom stereocenters. The summed E-state index contributed by atoms with van der Waals surface area (Å²) in [6, 6.07) is 6.08. The maximum atomic E-state index is 12.9. The average molecular weight is 316 g/mol. The third-order valence-corrected chi connectivity index (χ3v) is 3.97. The predicted octanol–water partition coefficient (Wildman–Crippen LogP) is 2.57. The summed E-state index contributed by atoms with van der Waals surface area (Å²) in [4.78, 5) is 40.8. The van der Waals surface area contributed by atoms with E-state index in [0.29, 0.717) is 24.2 Å². The van der Waals surface area contributed by atoms with Crippen LogP contribution in [-0.4, -0.2) is 41.0 Å². The van der Waals surface area contributed by atoms with E-state index in [2.05, 4.69) is 0 Å². The molecule has 6 nitrogen and oxygen atoms in total. The Balaban J connectivity index is 2.09. The predicted molar refractivity (Wildman–Crippen MR) is 84.2 cm³/mol. The summed E-state index contributed by atoms with van der Waals surface area (Å²) in [6.07, 6.45) is 0.584. The first kappa shape index (κ1) is 15.5. The normalized spacial score (nSPS) is 20.9. The fraction of sp³-hybridized carbons (Fsp3) is 0.471. The molecule has 1 unspecified atom stereocenters. The van der Waals surface area contributed by atoms with Crippen molar-refractivity contribution < 1.29 is 19.1 Å². The summed E-state index contributed by atoms with van der Waals surface area (Å²) in [5.41, 5.74) is -0.0694. The lowest BCUT2D eigenvalue weighted by Crippen LogP contribution is -2.48. The minimum atomic E-state index is -0.739. The number of amides is 3. The molecule has 122 valence electrons. The SMILES string of the molecule is CC(C)(C)OC(=O)N1C(=O)C2CCCN2C(=O)c2ccccc21. The second-order valence-corrected chi connectivity index (χ2v) is 6.83. The zero-order chi connectivity index (χ0) is 16.8. The minimum absolute atomic E-state index is 0.206. The van der Waals surface area contributed by atoms with Crippen molar-refractivity contribution in [3.63, 3.8) is 0 Å². The maximum Gasteiger partial charge on any atom is 0.421 e. The highest BCUT2D eigenvalue weighted by Gasteiger charge is 2.45. The lowest BCUT2D eigenvalue weighted by Gasteiger charge is -2.27. The number of rotatable bonds is 0. The Bertz CT molecular complexity index is 677. The Morgan fingerprint density at radius 1 is 1.22 bits per heavy atom. The number of benzene rings is 1. The third-order valence-electron chi connectivity index (χ3n) is 3.97. The molecule has 0 bridgehead atoms. The zero-order valence-electron chi connectivity index (χ0n) is 13.5. The van der Waals surface area contributed by atoms with Crippen LogP contribution in [0.3, 0.4) is 0 Å². The smallest absolute Gasteiger partial charge is 0.421 e.